The van der Waals surface area contributed by atoms with E-state index >= 15 is 0 Å². The second kappa shape index (κ2) is 8.31. The van der Waals surface area contributed by atoms with Crippen LogP contribution in [-0.4, -0.2) is 57.1 Å². The van der Waals surface area contributed by atoms with Gasteiger partial charge in [0.25, 0.3) is 0 Å². The van der Waals surface area contributed by atoms with Crippen LogP contribution in [0.25, 0.3) is 0 Å². The van der Waals surface area contributed by atoms with Gasteiger partial charge in [0.05, 0.1) is 18.9 Å². The van der Waals surface area contributed by atoms with Gasteiger partial charge >= 0.3 is 11.9 Å². The third kappa shape index (κ3) is 3.75. The van der Waals surface area contributed by atoms with Crippen LogP contribution in [-0.2, 0) is 23.9 Å². The average molecular weight is 463 g/mol. The largest absolute Gasteiger partial charge is 0.481 e. The smallest absolute Gasteiger partial charge is 0.306 e. The summed E-state index contributed by atoms with van der Waals surface area (Å²) in [6, 6.07) is 0. The summed E-state index contributed by atoms with van der Waals surface area (Å²) in [4.78, 5) is 47.5. The molecule has 8 heteroatoms. The van der Waals surface area contributed by atoms with Crippen LogP contribution >= 0.6 is 0 Å². The number of hydrogen-bond donors (Lipinski definition) is 3. The van der Waals surface area contributed by atoms with Gasteiger partial charge in [-0.3, -0.25) is 19.2 Å². The van der Waals surface area contributed by atoms with E-state index in [4.69, 9.17) is 9.84 Å². The number of esters is 1. The van der Waals surface area contributed by atoms with E-state index in [2.05, 4.69) is 6.92 Å². The lowest BCUT2D eigenvalue weighted by atomic mass is 9.45. The first-order valence-electron chi connectivity index (χ1n) is 12.0. The number of aliphatic hydroxyl groups is 2. The maximum Gasteiger partial charge on any atom is 0.306 e. The number of Topliss-reactive ketones (excluding diaryl/α,β-unsaturated/α-hetero) is 1. The van der Waals surface area contributed by atoms with Gasteiger partial charge in [-0.2, -0.15) is 0 Å². The summed E-state index contributed by atoms with van der Waals surface area (Å²) in [7, 11) is 0. The van der Waals surface area contributed by atoms with Crippen molar-refractivity contribution in [1.82, 2.24) is 0 Å². The third-order valence-electron chi connectivity index (χ3n) is 9.42. The highest BCUT2D eigenvalue weighted by molar-refractivity contribution is 5.92. The van der Waals surface area contributed by atoms with Crippen LogP contribution in [0.15, 0.2) is 11.6 Å². The minimum absolute atomic E-state index is 0.0185. The monoisotopic (exact) mass is 462 g/mol. The van der Waals surface area contributed by atoms with Crippen molar-refractivity contribution in [1.29, 1.82) is 0 Å². The van der Waals surface area contributed by atoms with E-state index in [1.807, 2.05) is 6.92 Å². The summed E-state index contributed by atoms with van der Waals surface area (Å²) in [6.45, 7) is 3.41. The Morgan fingerprint density at radius 2 is 1.85 bits per heavy atom. The van der Waals surface area contributed by atoms with E-state index in [1.54, 1.807) is 6.08 Å². The first-order chi connectivity index (χ1) is 15.4. The lowest BCUT2D eigenvalue weighted by Crippen LogP contribution is -2.62. The molecule has 0 amide bonds. The fourth-order valence-corrected chi connectivity index (χ4v) is 7.70. The molecule has 0 unspecified atom stereocenters. The molecule has 0 heterocycles. The molecule has 3 saturated carbocycles. The lowest BCUT2D eigenvalue weighted by molar-refractivity contribution is -0.184. The Bertz CT molecular complexity index is 908. The molecule has 33 heavy (non-hydrogen) atoms. The van der Waals surface area contributed by atoms with Crippen LogP contribution in [0.1, 0.15) is 71.6 Å². The zero-order valence-electron chi connectivity index (χ0n) is 19.3. The molecule has 0 saturated heterocycles. The Hall–Kier alpha value is -2.06. The van der Waals surface area contributed by atoms with Gasteiger partial charge in [-0.1, -0.05) is 19.4 Å². The summed E-state index contributed by atoms with van der Waals surface area (Å²) >= 11 is 0. The van der Waals surface area contributed by atoms with Crippen LogP contribution in [0, 0.1) is 28.6 Å². The highest BCUT2D eigenvalue weighted by atomic mass is 16.5. The van der Waals surface area contributed by atoms with Crippen molar-refractivity contribution < 1.29 is 39.2 Å². The Kier molecular flexibility index (Phi) is 6.06. The van der Waals surface area contributed by atoms with Gasteiger partial charge in [0.15, 0.2) is 12.4 Å². The quantitative estimate of drug-likeness (QED) is 0.511. The number of carboxylic acids is 1. The zero-order chi connectivity index (χ0) is 24.2. The minimum Gasteiger partial charge on any atom is -0.481 e. The molecule has 0 aliphatic heterocycles. The third-order valence-corrected chi connectivity index (χ3v) is 9.42. The maximum absolute atomic E-state index is 13.1. The van der Waals surface area contributed by atoms with E-state index < -0.39 is 41.4 Å². The van der Waals surface area contributed by atoms with Crippen molar-refractivity contribution in [2.75, 3.05) is 6.61 Å². The molecule has 3 fully saturated rings. The number of ether oxygens (including phenoxy) is 1. The van der Waals surface area contributed by atoms with Crippen molar-refractivity contribution >= 4 is 23.5 Å². The fourth-order valence-electron chi connectivity index (χ4n) is 7.70. The van der Waals surface area contributed by atoms with Gasteiger partial charge in [-0.15, -0.1) is 0 Å². The predicted molar refractivity (Wildman–Crippen MR) is 116 cm³/mol. The van der Waals surface area contributed by atoms with Gasteiger partial charge in [0.1, 0.15) is 5.60 Å². The Labute approximate surface area is 193 Å². The van der Waals surface area contributed by atoms with Gasteiger partial charge in [0, 0.05) is 11.8 Å². The number of carbonyl (C=O) groups is 4. The van der Waals surface area contributed by atoms with E-state index in [-0.39, 0.29) is 54.6 Å². The maximum atomic E-state index is 13.1. The van der Waals surface area contributed by atoms with E-state index in [9.17, 15) is 29.4 Å². The van der Waals surface area contributed by atoms with Crippen LogP contribution in [0.2, 0.25) is 0 Å². The van der Waals surface area contributed by atoms with Crippen LogP contribution in [0.5, 0.6) is 0 Å². The number of ketones is 2. The Morgan fingerprint density at radius 3 is 2.55 bits per heavy atom. The SMILES string of the molecule is C[C@]12CCC(=O)C=C1CC[C@H]1[C@H]2[C@@H](O)C[C@@]2(C)[C@@H]1CC[C@@]2(O)C(=O)COC(=O)CCC(=O)O. The molecule has 8 nitrogen and oxygen atoms in total. The number of allylic oxidation sites excluding steroid dienone is 1. The molecule has 0 radical (unpaired) electrons. The van der Waals surface area contributed by atoms with Crippen molar-refractivity contribution in [2.45, 2.75) is 83.3 Å². The molecule has 7 atom stereocenters. The topological polar surface area (TPSA) is 138 Å². The van der Waals surface area contributed by atoms with Crippen LogP contribution < -0.4 is 0 Å². The van der Waals surface area contributed by atoms with Crippen molar-refractivity contribution in [3.8, 4) is 0 Å². The standard InChI is InChI=1S/C25H34O8/c1-23-9-7-15(26)11-14(23)3-4-16-17-8-10-25(32,24(17,2)12-18(27)22(16)23)19(28)13-33-21(31)6-5-20(29)30/h11,16-18,22,27,32H,3-10,12-13H2,1-2H3,(H,29,30)/t16-,17-,18+,22+,23+,24+,25-/m1/s1. The summed E-state index contributed by atoms with van der Waals surface area (Å²) in [5.41, 5.74) is -1.68. The first-order valence-corrected chi connectivity index (χ1v) is 12.0. The summed E-state index contributed by atoms with van der Waals surface area (Å²) in [5.74, 6) is -2.20. The lowest BCUT2D eigenvalue weighted by Gasteiger charge is -2.60. The fraction of sp³-hybridized carbons (Fsp3) is 0.760. The van der Waals surface area contributed by atoms with E-state index in [1.165, 1.54) is 0 Å². The van der Waals surface area contributed by atoms with Gasteiger partial charge in [-0.25, -0.2) is 0 Å². The second-order valence-corrected chi connectivity index (χ2v) is 11.0. The molecule has 3 N–H and O–H groups in total. The Morgan fingerprint density at radius 1 is 1.12 bits per heavy atom. The Balaban J connectivity index is 1.53. The van der Waals surface area contributed by atoms with Crippen molar-refractivity contribution in [3.63, 3.8) is 0 Å². The molecule has 4 rings (SSSR count). The number of rotatable bonds is 6. The van der Waals surface area contributed by atoms with E-state index in [0.717, 1.165) is 24.8 Å². The minimum atomic E-state index is -1.71. The summed E-state index contributed by atoms with van der Waals surface area (Å²) in [6.07, 6.45) is 4.30. The average Bonchev–Trinajstić information content (AvgIpc) is 3.02. The van der Waals surface area contributed by atoms with Crippen molar-refractivity contribution in [2.24, 2.45) is 28.6 Å². The predicted octanol–water partition coefficient (Wildman–Crippen LogP) is 2.20. The van der Waals surface area contributed by atoms with Gasteiger partial charge < -0.3 is 20.1 Å². The number of aliphatic hydroxyl groups excluding tert-OH is 1. The molecule has 0 aromatic heterocycles. The molecule has 0 spiro atoms. The molecule has 0 bridgehead atoms. The molecule has 0 aromatic carbocycles. The zero-order valence-corrected chi connectivity index (χ0v) is 19.3. The van der Waals surface area contributed by atoms with Gasteiger partial charge in [-0.05, 0) is 67.8 Å². The number of hydrogen-bond acceptors (Lipinski definition) is 7. The molecule has 4 aliphatic carbocycles. The number of carboxylic acid groups (broad SMARTS) is 1. The highest BCUT2D eigenvalue weighted by Gasteiger charge is 2.68. The highest BCUT2D eigenvalue weighted by Crippen LogP contribution is 2.67. The first kappa shape index (κ1) is 24.1. The van der Waals surface area contributed by atoms with Crippen LogP contribution in [0.3, 0.4) is 0 Å². The van der Waals surface area contributed by atoms with E-state index in [0.29, 0.717) is 12.8 Å². The van der Waals surface area contributed by atoms with Gasteiger partial charge in [0.2, 0.25) is 5.78 Å². The van der Waals surface area contributed by atoms with Crippen molar-refractivity contribution in [3.05, 3.63) is 11.6 Å². The molecular formula is C25H34O8. The number of aliphatic carboxylic acids is 1. The molecule has 4 aliphatic rings. The summed E-state index contributed by atoms with van der Waals surface area (Å²) in [5, 5.41) is 31.6. The normalized spacial score (nSPS) is 41.9. The van der Waals surface area contributed by atoms with Crippen LogP contribution in [0.4, 0.5) is 0 Å². The molecular weight excluding hydrogens is 428 g/mol. The molecule has 0 aromatic rings. The summed E-state index contributed by atoms with van der Waals surface area (Å²) < 4.78 is 4.97. The molecule has 182 valence electrons. The number of carbonyl (C=O) groups excluding carboxylic acids is 3. The second-order valence-electron chi connectivity index (χ2n) is 11.0. The number of fused-ring (bicyclic) bond motifs is 5.